The second-order valence-electron chi connectivity index (χ2n) is 10.4. The Bertz CT molecular complexity index is 1190. The first-order valence-corrected chi connectivity index (χ1v) is 12.0. The van der Waals surface area contributed by atoms with Crippen molar-refractivity contribution < 1.29 is 9.53 Å². The van der Waals surface area contributed by atoms with E-state index in [-0.39, 0.29) is 23.0 Å². The molecule has 2 aromatic carbocycles. The molecule has 34 heavy (non-hydrogen) atoms. The van der Waals surface area contributed by atoms with Gasteiger partial charge < -0.3 is 15.4 Å². The Kier molecular flexibility index (Phi) is 6.70. The summed E-state index contributed by atoms with van der Waals surface area (Å²) in [5, 5.41) is 7.22. The number of halogens is 1. The van der Waals surface area contributed by atoms with Crippen molar-refractivity contribution in [3.63, 3.8) is 0 Å². The van der Waals surface area contributed by atoms with Crippen molar-refractivity contribution in [3.8, 4) is 22.6 Å². The molecular formula is C28H32ClN3O2. The van der Waals surface area contributed by atoms with Crippen LogP contribution in [0.5, 0.6) is 11.5 Å². The lowest BCUT2D eigenvalue weighted by atomic mass is 9.79. The average Bonchev–Trinajstić information content (AvgIpc) is 2.74. The Labute approximate surface area is 206 Å². The molecule has 1 aliphatic heterocycles. The van der Waals surface area contributed by atoms with E-state index >= 15 is 0 Å². The number of pyridine rings is 1. The standard InChI is InChI=1S/C28H32ClN3O2/c1-18-12-13-30-17-22(18)21-8-6-7-9-24(21)34-25-11-10-19(14-23(25)29)26(33)31-20-15-27(2,3)32-28(4,5)16-20/h6-14,17,20,32H,15-16H2,1-5H3,(H,31,33). The van der Waals surface area contributed by atoms with E-state index in [9.17, 15) is 4.79 Å². The molecule has 1 saturated heterocycles. The van der Waals surface area contributed by atoms with Gasteiger partial charge in [0.25, 0.3) is 5.91 Å². The number of amides is 1. The van der Waals surface area contributed by atoms with E-state index in [2.05, 4.69) is 43.3 Å². The number of aryl methyl sites for hydroxylation is 1. The van der Waals surface area contributed by atoms with Gasteiger partial charge in [0.15, 0.2) is 0 Å². The molecule has 2 heterocycles. The summed E-state index contributed by atoms with van der Waals surface area (Å²) in [7, 11) is 0. The summed E-state index contributed by atoms with van der Waals surface area (Å²) in [5.74, 6) is 1.05. The molecule has 0 bridgehead atoms. The monoisotopic (exact) mass is 477 g/mol. The zero-order valence-corrected chi connectivity index (χ0v) is 21.2. The summed E-state index contributed by atoms with van der Waals surface area (Å²) < 4.78 is 6.19. The molecular weight excluding hydrogens is 446 g/mol. The lowest BCUT2D eigenvalue weighted by Crippen LogP contribution is -2.62. The average molecular weight is 478 g/mol. The van der Waals surface area contributed by atoms with Gasteiger partial charge in [0, 0.05) is 46.2 Å². The van der Waals surface area contributed by atoms with Crippen molar-refractivity contribution in [1.29, 1.82) is 0 Å². The molecule has 1 amide bonds. The maximum Gasteiger partial charge on any atom is 0.251 e. The molecule has 6 heteroatoms. The predicted octanol–water partition coefficient (Wildman–Crippen LogP) is 6.54. The topological polar surface area (TPSA) is 63.2 Å². The number of piperidine rings is 1. The first-order chi connectivity index (χ1) is 16.0. The Balaban J connectivity index is 1.52. The van der Waals surface area contributed by atoms with Crippen molar-refractivity contribution >= 4 is 17.5 Å². The number of hydrogen-bond donors (Lipinski definition) is 2. The summed E-state index contributed by atoms with van der Waals surface area (Å²) in [5.41, 5.74) is 3.46. The van der Waals surface area contributed by atoms with Crippen molar-refractivity contribution in [2.45, 2.75) is 64.6 Å². The molecule has 0 spiro atoms. The van der Waals surface area contributed by atoms with Gasteiger partial charge in [-0.05, 0) is 83.4 Å². The van der Waals surface area contributed by atoms with E-state index in [1.54, 1.807) is 24.4 Å². The van der Waals surface area contributed by atoms with Crippen molar-refractivity contribution in [1.82, 2.24) is 15.6 Å². The van der Waals surface area contributed by atoms with Crippen LogP contribution >= 0.6 is 11.6 Å². The van der Waals surface area contributed by atoms with Crippen molar-refractivity contribution in [3.05, 3.63) is 77.1 Å². The highest BCUT2D eigenvalue weighted by atomic mass is 35.5. The quantitative estimate of drug-likeness (QED) is 0.437. The summed E-state index contributed by atoms with van der Waals surface area (Å²) >= 11 is 6.56. The minimum Gasteiger partial charge on any atom is -0.455 e. The number of hydrogen-bond acceptors (Lipinski definition) is 4. The lowest BCUT2D eigenvalue weighted by Gasteiger charge is -2.46. The highest BCUT2D eigenvalue weighted by Crippen LogP contribution is 2.37. The maximum absolute atomic E-state index is 13.0. The predicted molar refractivity (Wildman–Crippen MR) is 138 cm³/mol. The van der Waals surface area contributed by atoms with E-state index in [1.807, 2.05) is 43.5 Å². The molecule has 0 aliphatic carbocycles. The molecule has 2 N–H and O–H groups in total. The van der Waals surface area contributed by atoms with Crippen LogP contribution in [0.4, 0.5) is 0 Å². The van der Waals surface area contributed by atoms with E-state index in [4.69, 9.17) is 16.3 Å². The van der Waals surface area contributed by atoms with Gasteiger partial charge in [0.1, 0.15) is 11.5 Å². The van der Waals surface area contributed by atoms with Crippen LogP contribution < -0.4 is 15.4 Å². The van der Waals surface area contributed by atoms with Crippen LogP contribution in [0.15, 0.2) is 60.9 Å². The van der Waals surface area contributed by atoms with Crippen LogP contribution in [0.1, 0.15) is 56.5 Å². The van der Waals surface area contributed by atoms with Gasteiger partial charge in [-0.1, -0.05) is 29.8 Å². The third kappa shape index (κ3) is 5.60. The van der Waals surface area contributed by atoms with Crippen molar-refractivity contribution in [2.24, 2.45) is 0 Å². The number of para-hydroxylation sites is 1. The Morgan fingerprint density at radius 2 is 1.74 bits per heavy atom. The van der Waals surface area contributed by atoms with E-state index in [0.717, 1.165) is 29.5 Å². The van der Waals surface area contributed by atoms with Gasteiger partial charge >= 0.3 is 0 Å². The van der Waals surface area contributed by atoms with Gasteiger partial charge in [0.2, 0.25) is 0 Å². The fraction of sp³-hybridized carbons (Fsp3) is 0.357. The minimum atomic E-state index is -0.127. The Morgan fingerprint density at radius 1 is 1.03 bits per heavy atom. The molecule has 0 radical (unpaired) electrons. The molecule has 3 aromatic rings. The normalized spacial score (nSPS) is 17.2. The smallest absolute Gasteiger partial charge is 0.251 e. The van der Waals surface area contributed by atoms with Crippen molar-refractivity contribution in [2.75, 3.05) is 0 Å². The lowest BCUT2D eigenvalue weighted by molar-refractivity contribution is 0.0873. The van der Waals surface area contributed by atoms with Crippen LogP contribution in [0, 0.1) is 6.92 Å². The van der Waals surface area contributed by atoms with Crippen LogP contribution in [0.25, 0.3) is 11.1 Å². The largest absolute Gasteiger partial charge is 0.455 e. The molecule has 1 fully saturated rings. The number of nitrogens with zero attached hydrogens (tertiary/aromatic N) is 1. The number of rotatable bonds is 5. The van der Waals surface area contributed by atoms with E-state index < -0.39 is 0 Å². The molecule has 4 rings (SSSR count). The summed E-state index contributed by atoms with van der Waals surface area (Å²) in [6.07, 6.45) is 5.33. The zero-order valence-electron chi connectivity index (χ0n) is 20.4. The molecule has 1 aromatic heterocycles. The third-order valence-corrected chi connectivity index (χ3v) is 6.45. The molecule has 1 aliphatic rings. The van der Waals surface area contributed by atoms with Gasteiger partial charge in [-0.25, -0.2) is 0 Å². The first-order valence-electron chi connectivity index (χ1n) is 11.6. The number of benzene rings is 2. The Hall–Kier alpha value is -2.89. The highest BCUT2D eigenvalue weighted by molar-refractivity contribution is 6.32. The van der Waals surface area contributed by atoms with Gasteiger partial charge in [-0.2, -0.15) is 0 Å². The second-order valence-corrected chi connectivity index (χ2v) is 10.8. The van der Waals surface area contributed by atoms with E-state index in [0.29, 0.717) is 22.1 Å². The minimum absolute atomic E-state index is 0.0466. The van der Waals surface area contributed by atoms with Gasteiger partial charge in [-0.3, -0.25) is 9.78 Å². The summed E-state index contributed by atoms with van der Waals surface area (Å²) in [6, 6.07) is 15.0. The van der Waals surface area contributed by atoms with Gasteiger partial charge in [0.05, 0.1) is 5.02 Å². The molecule has 0 unspecified atom stereocenters. The molecule has 178 valence electrons. The number of carbonyl (C=O) groups excluding carboxylic acids is 1. The van der Waals surface area contributed by atoms with Crippen LogP contribution in [0.3, 0.4) is 0 Å². The van der Waals surface area contributed by atoms with Crippen LogP contribution in [0.2, 0.25) is 5.02 Å². The molecule has 0 atom stereocenters. The molecule has 5 nitrogen and oxygen atoms in total. The maximum atomic E-state index is 13.0. The SMILES string of the molecule is Cc1ccncc1-c1ccccc1Oc1ccc(C(=O)NC2CC(C)(C)NC(C)(C)C2)cc1Cl. The fourth-order valence-electron chi connectivity index (χ4n) is 5.06. The number of carbonyl (C=O) groups is 1. The fourth-order valence-corrected chi connectivity index (χ4v) is 5.28. The van der Waals surface area contributed by atoms with E-state index in [1.165, 1.54) is 0 Å². The molecule has 0 saturated carbocycles. The number of aromatic nitrogens is 1. The second kappa shape index (κ2) is 9.40. The number of ether oxygens (including phenoxy) is 1. The zero-order chi connectivity index (χ0) is 24.5. The first kappa shape index (κ1) is 24.2. The van der Waals surface area contributed by atoms with Crippen LogP contribution in [-0.2, 0) is 0 Å². The van der Waals surface area contributed by atoms with Gasteiger partial charge in [-0.15, -0.1) is 0 Å². The summed E-state index contributed by atoms with van der Waals surface area (Å²) in [6.45, 7) is 10.7. The Morgan fingerprint density at radius 3 is 2.41 bits per heavy atom. The third-order valence-electron chi connectivity index (χ3n) is 6.16. The summed E-state index contributed by atoms with van der Waals surface area (Å²) in [4.78, 5) is 17.2. The highest BCUT2D eigenvalue weighted by Gasteiger charge is 2.38. The number of nitrogens with one attached hydrogen (secondary N) is 2. The van der Waals surface area contributed by atoms with Crippen LogP contribution in [-0.4, -0.2) is 28.0 Å².